The van der Waals surface area contributed by atoms with E-state index in [0.717, 1.165) is 22.6 Å². The van der Waals surface area contributed by atoms with Crippen LogP contribution >= 0.6 is 11.6 Å². The highest BCUT2D eigenvalue weighted by Gasteiger charge is 2.06. The Morgan fingerprint density at radius 3 is 2.55 bits per heavy atom. The molecule has 2 aromatic carbocycles. The maximum absolute atomic E-state index is 6.11. The Balaban J connectivity index is 2.12. The molecule has 0 radical (unpaired) electrons. The van der Waals surface area contributed by atoms with Crippen LogP contribution in [0.15, 0.2) is 36.4 Å². The summed E-state index contributed by atoms with van der Waals surface area (Å²) in [4.78, 5) is 0. The number of hydrogen-bond acceptors (Lipinski definition) is 3. The summed E-state index contributed by atoms with van der Waals surface area (Å²) in [5.41, 5.74) is 8.66. The van der Waals surface area contributed by atoms with Gasteiger partial charge in [0.15, 0.2) is 0 Å². The second-order valence-electron chi connectivity index (χ2n) is 4.56. The van der Waals surface area contributed by atoms with E-state index in [1.807, 2.05) is 31.2 Å². The van der Waals surface area contributed by atoms with Gasteiger partial charge in [-0.05, 0) is 36.8 Å². The van der Waals surface area contributed by atoms with Gasteiger partial charge in [0.2, 0.25) is 0 Å². The first kappa shape index (κ1) is 14.7. The Morgan fingerprint density at radius 1 is 1.10 bits per heavy atom. The normalized spacial score (nSPS) is 10.4. The molecule has 0 heterocycles. The molecular formula is C16H18ClNO2. The summed E-state index contributed by atoms with van der Waals surface area (Å²) in [6, 6.07) is 11.5. The van der Waals surface area contributed by atoms with Crippen LogP contribution in [0.5, 0.6) is 11.5 Å². The summed E-state index contributed by atoms with van der Waals surface area (Å²) in [6.07, 6.45) is 0. The van der Waals surface area contributed by atoms with Gasteiger partial charge in [0, 0.05) is 17.1 Å². The fraction of sp³-hybridized carbons (Fsp3) is 0.250. The molecule has 0 saturated heterocycles. The van der Waals surface area contributed by atoms with E-state index in [4.69, 9.17) is 26.8 Å². The highest BCUT2D eigenvalue weighted by molar-refractivity contribution is 6.31. The van der Waals surface area contributed by atoms with Crippen molar-refractivity contribution in [3.63, 3.8) is 0 Å². The molecule has 0 spiro atoms. The number of nitrogens with two attached hydrogens (primary N) is 1. The maximum atomic E-state index is 6.11. The topological polar surface area (TPSA) is 44.5 Å². The second-order valence-corrected chi connectivity index (χ2v) is 4.97. The van der Waals surface area contributed by atoms with Gasteiger partial charge in [-0.2, -0.15) is 0 Å². The van der Waals surface area contributed by atoms with E-state index < -0.39 is 0 Å². The Hall–Kier alpha value is -1.71. The van der Waals surface area contributed by atoms with Crippen molar-refractivity contribution >= 4 is 11.6 Å². The predicted octanol–water partition coefficient (Wildman–Crippen LogP) is 3.69. The summed E-state index contributed by atoms with van der Waals surface area (Å²) in [5.74, 6) is 1.54. The van der Waals surface area contributed by atoms with Crippen molar-refractivity contribution in [3.05, 3.63) is 58.1 Å². The molecule has 4 heteroatoms. The molecule has 0 aliphatic carbocycles. The number of ether oxygens (including phenoxy) is 2. The average Bonchev–Trinajstić information content (AvgIpc) is 2.45. The number of aryl methyl sites for hydroxylation is 1. The molecule has 0 atom stereocenters. The van der Waals surface area contributed by atoms with E-state index in [1.165, 1.54) is 5.56 Å². The number of benzene rings is 2. The zero-order valence-electron chi connectivity index (χ0n) is 11.7. The molecule has 2 rings (SSSR count). The molecular weight excluding hydrogens is 274 g/mol. The van der Waals surface area contributed by atoms with Gasteiger partial charge < -0.3 is 15.2 Å². The lowest BCUT2D eigenvalue weighted by Crippen LogP contribution is -2.01. The smallest absolute Gasteiger partial charge is 0.125 e. The van der Waals surface area contributed by atoms with Crippen molar-refractivity contribution < 1.29 is 9.47 Å². The standard InChI is InChI=1S/C16H18ClNO2/c1-11-3-6-16(19-2)13(7-11)10-20-14-5-4-12(9-18)15(17)8-14/h3-8H,9-10,18H2,1-2H3. The van der Waals surface area contributed by atoms with Crippen molar-refractivity contribution in [2.75, 3.05) is 7.11 Å². The van der Waals surface area contributed by atoms with Gasteiger partial charge in [0.1, 0.15) is 18.1 Å². The molecule has 0 aromatic heterocycles. The van der Waals surface area contributed by atoms with Crippen molar-refractivity contribution in [2.45, 2.75) is 20.1 Å². The summed E-state index contributed by atoms with van der Waals surface area (Å²) in [7, 11) is 1.65. The molecule has 20 heavy (non-hydrogen) atoms. The molecule has 0 bridgehead atoms. The minimum absolute atomic E-state index is 0.421. The van der Waals surface area contributed by atoms with E-state index in [-0.39, 0.29) is 0 Å². The molecule has 0 saturated carbocycles. The van der Waals surface area contributed by atoms with Crippen LogP contribution in [0, 0.1) is 6.92 Å². The van der Waals surface area contributed by atoms with Gasteiger partial charge >= 0.3 is 0 Å². The molecule has 2 N–H and O–H groups in total. The van der Waals surface area contributed by atoms with Crippen molar-refractivity contribution in [2.24, 2.45) is 5.73 Å². The second kappa shape index (κ2) is 6.64. The highest BCUT2D eigenvalue weighted by Crippen LogP contribution is 2.25. The lowest BCUT2D eigenvalue weighted by atomic mass is 10.1. The third-order valence-electron chi connectivity index (χ3n) is 3.07. The zero-order chi connectivity index (χ0) is 14.5. The quantitative estimate of drug-likeness (QED) is 0.913. The van der Waals surface area contributed by atoms with Gasteiger partial charge in [-0.25, -0.2) is 0 Å². The fourth-order valence-electron chi connectivity index (χ4n) is 1.96. The Bertz CT molecular complexity index is 599. The van der Waals surface area contributed by atoms with Crippen LogP contribution in [-0.4, -0.2) is 7.11 Å². The molecule has 0 amide bonds. The molecule has 0 fully saturated rings. The maximum Gasteiger partial charge on any atom is 0.125 e. The molecule has 3 nitrogen and oxygen atoms in total. The fourth-order valence-corrected chi connectivity index (χ4v) is 2.21. The third kappa shape index (κ3) is 3.44. The largest absolute Gasteiger partial charge is 0.496 e. The summed E-state index contributed by atoms with van der Waals surface area (Å²) in [5, 5.41) is 0.626. The van der Waals surface area contributed by atoms with Crippen LogP contribution in [0.4, 0.5) is 0 Å². The first-order valence-corrected chi connectivity index (χ1v) is 6.76. The van der Waals surface area contributed by atoms with Crippen LogP contribution in [0.25, 0.3) is 0 Å². The van der Waals surface area contributed by atoms with Gasteiger partial charge in [-0.15, -0.1) is 0 Å². The minimum atomic E-state index is 0.421. The zero-order valence-corrected chi connectivity index (χ0v) is 12.4. The predicted molar refractivity (Wildman–Crippen MR) is 81.4 cm³/mol. The van der Waals surface area contributed by atoms with E-state index >= 15 is 0 Å². The van der Waals surface area contributed by atoms with Crippen LogP contribution < -0.4 is 15.2 Å². The van der Waals surface area contributed by atoms with Gasteiger partial charge in [-0.3, -0.25) is 0 Å². The Labute approximate surface area is 124 Å². The number of rotatable bonds is 5. The van der Waals surface area contributed by atoms with Gasteiger partial charge in [0.05, 0.1) is 7.11 Å². The lowest BCUT2D eigenvalue weighted by molar-refractivity contribution is 0.296. The van der Waals surface area contributed by atoms with Crippen LogP contribution in [0.3, 0.4) is 0 Å². The molecule has 0 aliphatic rings. The average molecular weight is 292 g/mol. The van der Waals surface area contributed by atoms with Gasteiger partial charge in [0.25, 0.3) is 0 Å². The number of hydrogen-bond donors (Lipinski definition) is 1. The van der Waals surface area contributed by atoms with E-state index in [1.54, 1.807) is 13.2 Å². The molecule has 106 valence electrons. The van der Waals surface area contributed by atoms with Crippen LogP contribution in [-0.2, 0) is 13.2 Å². The highest BCUT2D eigenvalue weighted by atomic mass is 35.5. The Kier molecular flexibility index (Phi) is 4.88. The van der Waals surface area contributed by atoms with E-state index in [2.05, 4.69) is 6.07 Å². The summed E-state index contributed by atoms with van der Waals surface area (Å²) < 4.78 is 11.1. The van der Waals surface area contributed by atoms with Crippen molar-refractivity contribution in [1.82, 2.24) is 0 Å². The van der Waals surface area contributed by atoms with Gasteiger partial charge in [-0.1, -0.05) is 29.3 Å². The molecule has 0 unspecified atom stereocenters. The van der Waals surface area contributed by atoms with Crippen LogP contribution in [0.2, 0.25) is 5.02 Å². The third-order valence-corrected chi connectivity index (χ3v) is 3.43. The van der Waals surface area contributed by atoms with Crippen molar-refractivity contribution in [1.29, 1.82) is 0 Å². The Morgan fingerprint density at radius 2 is 1.90 bits per heavy atom. The summed E-state index contributed by atoms with van der Waals surface area (Å²) >= 11 is 6.11. The molecule has 2 aromatic rings. The number of halogens is 1. The monoisotopic (exact) mass is 291 g/mol. The lowest BCUT2D eigenvalue weighted by Gasteiger charge is -2.12. The first-order chi connectivity index (χ1) is 9.63. The van der Waals surface area contributed by atoms with E-state index in [0.29, 0.717) is 18.2 Å². The van der Waals surface area contributed by atoms with Crippen LogP contribution in [0.1, 0.15) is 16.7 Å². The molecule has 0 aliphatic heterocycles. The SMILES string of the molecule is COc1ccc(C)cc1COc1ccc(CN)c(Cl)c1. The minimum Gasteiger partial charge on any atom is -0.496 e. The first-order valence-electron chi connectivity index (χ1n) is 6.39. The van der Waals surface area contributed by atoms with Crippen molar-refractivity contribution in [3.8, 4) is 11.5 Å². The number of methoxy groups -OCH3 is 1. The van der Waals surface area contributed by atoms with E-state index in [9.17, 15) is 0 Å². The summed E-state index contributed by atoms with van der Waals surface area (Å²) in [6.45, 7) is 2.89.